The van der Waals surface area contributed by atoms with Crippen molar-refractivity contribution >= 4 is 28.9 Å². The minimum absolute atomic E-state index is 0.0339. The molecule has 18 heavy (non-hydrogen) atoms. The van der Waals surface area contributed by atoms with Crippen molar-refractivity contribution in [3.63, 3.8) is 0 Å². The lowest BCUT2D eigenvalue weighted by molar-refractivity contribution is 0.0702. The molecule has 1 aromatic carbocycles. The van der Waals surface area contributed by atoms with Gasteiger partial charge < -0.3 is 9.84 Å². The third kappa shape index (κ3) is 3.00. The van der Waals surface area contributed by atoms with E-state index in [2.05, 4.69) is 0 Å². The normalized spacial score (nSPS) is 10.3. The van der Waals surface area contributed by atoms with Gasteiger partial charge in [-0.05, 0) is 24.3 Å². The third-order valence-corrected chi connectivity index (χ3v) is 3.50. The fraction of sp³-hybridized carbons (Fsp3) is 0.0833. The number of benzene rings is 1. The van der Waals surface area contributed by atoms with Gasteiger partial charge in [0.1, 0.15) is 23.1 Å². The van der Waals surface area contributed by atoms with E-state index in [4.69, 9.17) is 21.4 Å². The SMILES string of the molecule is O=C(O)c1ccc(COc2ccc(Cl)c(F)c2)s1. The van der Waals surface area contributed by atoms with Crippen molar-refractivity contribution in [2.75, 3.05) is 0 Å². The van der Waals surface area contributed by atoms with Gasteiger partial charge in [-0.3, -0.25) is 0 Å². The highest BCUT2D eigenvalue weighted by atomic mass is 35.5. The molecule has 0 spiro atoms. The van der Waals surface area contributed by atoms with E-state index in [-0.39, 0.29) is 16.5 Å². The molecule has 0 bridgehead atoms. The Labute approximate surface area is 111 Å². The largest absolute Gasteiger partial charge is 0.488 e. The number of halogens is 2. The van der Waals surface area contributed by atoms with E-state index >= 15 is 0 Å². The summed E-state index contributed by atoms with van der Waals surface area (Å²) in [7, 11) is 0. The van der Waals surface area contributed by atoms with Crippen molar-refractivity contribution in [2.45, 2.75) is 6.61 Å². The van der Waals surface area contributed by atoms with Crippen LogP contribution < -0.4 is 4.74 Å². The molecule has 0 fully saturated rings. The van der Waals surface area contributed by atoms with E-state index in [1.165, 1.54) is 18.2 Å². The van der Waals surface area contributed by atoms with Crippen LogP contribution in [0.1, 0.15) is 14.5 Å². The molecule has 6 heteroatoms. The summed E-state index contributed by atoms with van der Waals surface area (Å²) in [5.74, 6) is -1.17. The summed E-state index contributed by atoms with van der Waals surface area (Å²) in [5.41, 5.74) is 0. The number of hydrogen-bond acceptors (Lipinski definition) is 3. The zero-order valence-electron chi connectivity index (χ0n) is 9.02. The minimum atomic E-state index is -0.969. The molecule has 0 aliphatic rings. The molecule has 1 N–H and O–H groups in total. The summed E-state index contributed by atoms with van der Waals surface area (Å²) < 4.78 is 18.5. The van der Waals surface area contributed by atoms with E-state index in [1.807, 2.05) is 0 Å². The van der Waals surface area contributed by atoms with Gasteiger partial charge in [-0.15, -0.1) is 11.3 Å². The van der Waals surface area contributed by atoms with Crippen molar-refractivity contribution in [3.8, 4) is 5.75 Å². The molecular formula is C12H8ClFO3S. The van der Waals surface area contributed by atoms with E-state index in [1.54, 1.807) is 12.1 Å². The van der Waals surface area contributed by atoms with Crippen LogP contribution in [-0.4, -0.2) is 11.1 Å². The molecular weight excluding hydrogens is 279 g/mol. The van der Waals surface area contributed by atoms with Gasteiger partial charge in [-0.25, -0.2) is 9.18 Å². The van der Waals surface area contributed by atoms with Gasteiger partial charge in [-0.1, -0.05) is 11.6 Å². The first-order chi connectivity index (χ1) is 8.56. The molecule has 0 unspecified atom stereocenters. The summed E-state index contributed by atoms with van der Waals surface area (Å²) in [4.78, 5) is 11.7. The third-order valence-electron chi connectivity index (χ3n) is 2.14. The summed E-state index contributed by atoms with van der Waals surface area (Å²) in [6.07, 6.45) is 0. The maximum atomic E-state index is 13.1. The van der Waals surface area contributed by atoms with Crippen LogP contribution >= 0.6 is 22.9 Å². The number of carbonyl (C=O) groups is 1. The summed E-state index contributed by atoms with van der Waals surface area (Å²) in [6, 6.07) is 7.32. The quantitative estimate of drug-likeness (QED) is 0.929. The van der Waals surface area contributed by atoms with Crippen LogP contribution in [0.4, 0.5) is 4.39 Å². The molecule has 2 rings (SSSR count). The predicted molar refractivity (Wildman–Crippen MR) is 67.0 cm³/mol. The number of ether oxygens (including phenoxy) is 1. The lowest BCUT2D eigenvalue weighted by Gasteiger charge is -2.04. The fourth-order valence-corrected chi connectivity index (χ4v) is 2.17. The second-order valence-electron chi connectivity index (χ2n) is 3.44. The average molecular weight is 287 g/mol. The van der Waals surface area contributed by atoms with Crippen molar-refractivity contribution in [1.82, 2.24) is 0 Å². The first-order valence-corrected chi connectivity index (χ1v) is 6.15. The molecule has 0 aliphatic carbocycles. The van der Waals surface area contributed by atoms with Crippen molar-refractivity contribution in [1.29, 1.82) is 0 Å². The average Bonchev–Trinajstić information content (AvgIpc) is 2.79. The predicted octanol–water partition coefficient (Wildman–Crippen LogP) is 3.82. The number of aromatic carboxylic acids is 1. The van der Waals surface area contributed by atoms with E-state index in [9.17, 15) is 9.18 Å². The van der Waals surface area contributed by atoms with Gasteiger partial charge in [-0.2, -0.15) is 0 Å². The summed E-state index contributed by atoms with van der Waals surface area (Å²) >= 11 is 6.67. The minimum Gasteiger partial charge on any atom is -0.488 e. The first-order valence-electron chi connectivity index (χ1n) is 4.96. The van der Waals surface area contributed by atoms with Gasteiger partial charge in [0.15, 0.2) is 0 Å². The molecule has 0 aliphatic heterocycles. The smallest absolute Gasteiger partial charge is 0.345 e. The second-order valence-corrected chi connectivity index (χ2v) is 5.01. The molecule has 2 aromatic rings. The van der Waals surface area contributed by atoms with Crippen LogP contribution in [-0.2, 0) is 6.61 Å². The maximum absolute atomic E-state index is 13.1. The van der Waals surface area contributed by atoms with E-state index < -0.39 is 11.8 Å². The first kappa shape index (κ1) is 12.9. The Morgan fingerprint density at radius 2 is 2.17 bits per heavy atom. The molecule has 0 saturated heterocycles. The number of carboxylic acids is 1. The Bertz CT molecular complexity index is 582. The molecule has 0 atom stereocenters. The van der Waals surface area contributed by atoms with Crippen LogP contribution in [0.25, 0.3) is 0 Å². The van der Waals surface area contributed by atoms with Gasteiger partial charge in [0.2, 0.25) is 0 Å². The fourth-order valence-electron chi connectivity index (χ4n) is 1.29. The van der Waals surface area contributed by atoms with Crippen molar-refractivity contribution in [2.24, 2.45) is 0 Å². The molecule has 0 radical (unpaired) electrons. The molecule has 3 nitrogen and oxygen atoms in total. The lowest BCUT2D eigenvalue weighted by atomic mass is 10.3. The monoisotopic (exact) mass is 286 g/mol. The van der Waals surface area contributed by atoms with Gasteiger partial charge in [0, 0.05) is 10.9 Å². The highest BCUT2D eigenvalue weighted by molar-refractivity contribution is 7.13. The van der Waals surface area contributed by atoms with Crippen molar-refractivity contribution < 1.29 is 19.0 Å². The molecule has 0 amide bonds. The molecule has 0 saturated carbocycles. The Balaban J connectivity index is 2.02. The lowest BCUT2D eigenvalue weighted by Crippen LogP contribution is -1.93. The maximum Gasteiger partial charge on any atom is 0.345 e. The molecule has 1 aromatic heterocycles. The Morgan fingerprint density at radius 1 is 1.39 bits per heavy atom. The number of hydrogen-bond donors (Lipinski definition) is 1. The topological polar surface area (TPSA) is 46.5 Å². The number of rotatable bonds is 4. The van der Waals surface area contributed by atoms with Crippen LogP contribution in [0.5, 0.6) is 5.75 Å². The van der Waals surface area contributed by atoms with Gasteiger partial charge in [0.25, 0.3) is 0 Å². The molecule has 94 valence electrons. The van der Waals surface area contributed by atoms with Gasteiger partial charge >= 0.3 is 5.97 Å². The van der Waals surface area contributed by atoms with Crippen LogP contribution in [0.3, 0.4) is 0 Å². The number of thiophene rings is 1. The second kappa shape index (κ2) is 5.37. The van der Waals surface area contributed by atoms with Crippen LogP contribution in [0.2, 0.25) is 5.02 Å². The zero-order valence-corrected chi connectivity index (χ0v) is 10.6. The summed E-state index contributed by atoms with van der Waals surface area (Å²) in [6.45, 7) is 0.193. The van der Waals surface area contributed by atoms with E-state index in [0.717, 1.165) is 16.2 Å². The van der Waals surface area contributed by atoms with Gasteiger partial charge in [0.05, 0.1) is 5.02 Å². The Hall–Kier alpha value is -1.59. The van der Waals surface area contributed by atoms with Crippen LogP contribution in [0.15, 0.2) is 30.3 Å². The number of carboxylic acid groups (broad SMARTS) is 1. The Kier molecular flexibility index (Phi) is 3.84. The summed E-state index contributed by atoms with van der Waals surface area (Å²) in [5, 5.41) is 8.79. The zero-order chi connectivity index (χ0) is 13.1. The van der Waals surface area contributed by atoms with Crippen molar-refractivity contribution in [3.05, 3.63) is 50.9 Å². The van der Waals surface area contributed by atoms with E-state index in [0.29, 0.717) is 5.75 Å². The highest BCUT2D eigenvalue weighted by Gasteiger charge is 2.08. The highest BCUT2D eigenvalue weighted by Crippen LogP contribution is 2.23. The Morgan fingerprint density at radius 3 is 2.78 bits per heavy atom. The standard InChI is InChI=1S/C12H8ClFO3S/c13-9-3-1-7(5-10(9)14)17-6-8-2-4-11(18-8)12(15)16/h1-5H,6H2,(H,15,16). The molecule has 1 heterocycles. The van der Waals surface area contributed by atoms with Crippen LogP contribution in [0, 0.1) is 5.82 Å².